The summed E-state index contributed by atoms with van der Waals surface area (Å²) in [5.41, 5.74) is 0. The second kappa shape index (κ2) is 4.75. The Morgan fingerprint density at radius 2 is 2.40 bits per heavy atom. The number of rotatable bonds is 3. The molecule has 2 unspecified atom stereocenters. The predicted octanol–water partition coefficient (Wildman–Crippen LogP) is 1.78. The van der Waals surface area contributed by atoms with E-state index in [4.69, 9.17) is 16.7 Å². The van der Waals surface area contributed by atoms with Gasteiger partial charge in [-0.15, -0.1) is 35.1 Å². The molecule has 0 saturated carbocycles. The molecule has 0 aromatic heterocycles. The van der Waals surface area contributed by atoms with Crippen molar-refractivity contribution >= 4 is 35.1 Å². The van der Waals surface area contributed by atoms with Crippen LogP contribution in [0.2, 0.25) is 0 Å². The molecule has 0 aromatic carbocycles. The van der Waals surface area contributed by atoms with Crippen molar-refractivity contribution in [1.29, 1.82) is 0 Å². The smallest absolute Gasteiger partial charge is 0.0558 e. The Morgan fingerprint density at radius 1 is 1.60 bits per heavy atom. The van der Waals surface area contributed by atoms with E-state index in [1.165, 1.54) is 0 Å². The SMILES string of the molecule is OCC1CSC(CCCl)S1. The molecule has 60 valence electrons. The molecule has 10 heavy (non-hydrogen) atoms. The highest BCUT2D eigenvalue weighted by Crippen LogP contribution is 2.39. The monoisotopic (exact) mass is 198 g/mol. The minimum absolute atomic E-state index is 0.316. The van der Waals surface area contributed by atoms with Crippen molar-refractivity contribution in [3.63, 3.8) is 0 Å². The minimum Gasteiger partial charge on any atom is -0.395 e. The van der Waals surface area contributed by atoms with E-state index in [0.717, 1.165) is 18.1 Å². The van der Waals surface area contributed by atoms with E-state index in [9.17, 15) is 0 Å². The maximum atomic E-state index is 8.78. The van der Waals surface area contributed by atoms with Gasteiger partial charge < -0.3 is 5.11 Å². The van der Waals surface area contributed by atoms with Crippen molar-refractivity contribution in [2.45, 2.75) is 16.3 Å². The molecule has 1 rings (SSSR count). The summed E-state index contributed by atoms with van der Waals surface area (Å²) in [5, 5.41) is 9.24. The Hall–Kier alpha value is 0.950. The standard InChI is InChI=1S/C6H11ClOS2/c7-2-1-6-9-4-5(3-8)10-6/h5-6,8H,1-4H2. The fourth-order valence-corrected chi connectivity index (χ4v) is 4.48. The van der Waals surface area contributed by atoms with Crippen LogP contribution in [0.1, 0.15) is 6.42 Å². The lowest BCUT2D eigenvalue weighted by Gasteiger charge is -2.04. The van der Waals surface area contributed by atoms with Gasteiger partial charge in [0.05, 0.1) is 11.2 Å². The molecule has 4 heteroatoms. The van der Waals surface area contributed by atoms with Crippen molar-refractivity contribution in [2.75, 3.05) is 18.2 Å². The van der Waals surface area contributed by atoms with Gasteiger partial charge in [0.1, 0.15) is 0 Å². The van der Waals surface area contributed by atoms with Crippen LogP contribution in [0, 0.1) is 0 Å². The summed E-state index contributed by atoms with van der Waals surface area (Å²) in [4.78, 5) is 0. The third kappa shape index (κ3) is 2.53. The number of aliphatic hydroxyl groups excluding tert-OH is 1. The van der Waals surface area contributed by atoms with E-state index < -0.39 is 0 Å². The van der Waals surface area contributed by atoms with Crippen molar-refractivity contribution < 1.29 is 5.11 Å². The second-order valence-corrected chi connectivity index (χ2v) is 5.60. The molecule has 0 aromatic rings. The van der Waals surface area contributed by atoms with Crippen LogP contribution in [0.4, 0.5) is 0 Å². The van der Waals surface area contributed by atoms with Crippen molar-refractivity contribution in [1.82, 2.24) is 0 Å². The number of thioether (sulfide) groups is 2. The van der Waals surface area contributed by atoms with Gasteiger partial charge in [-0.25, -0.2) is 0 Å². The summed E-state index contributed by atoms with van der Waals surface area (Å²) in [6.07, 6.45) is 1.06. The van der Waals surface area contributed by atoms with Crippen LogP contribution < -0.4 is 0 Å². The zero-order chi connectivity index (χ0) is 7.40. The van der Waals surface area contributed by atoms with Crippen LogP contribution in [-0.2, 0) is 0 Å². The third-order valence-corrected chi connectivity index (χ3v) is 4.97. The maximum Gasteiger partial charge on any atom is 0.0558 e. The highest BCUT2D eigenvalue weighted by Gasteiger charge is 2.24. The normalized spacial score (nSPS) is 33.0. The Kier molecular flexibility index (Phi) is 4.30. The fraction of sp³-hybridized carbons (Fsp3) is 1.00. The van der Waals surface area contributed by atoms with Crippen LogP contribution >= 0.6 is 35.1 Å². The minimum atomic E-state index is 0.316. The molecule has 0 spiro atoms. The van der Waals surface area contributed by atoms with E-state index in [1.54, 1.807) is 0 Å². The molecular weight excluding hydrogens is 188 g/mol. The average molecular weight is 199 g/mol. The molecule has 0 bridgehead atoms. The molecular formula is C6H11ClOS2. The van der Waals surface area contributed by atoms with Gasteiger partial charge in [0.2, 0.25) is 0 Å². The van der Waals surface area contributed by atoms with Crippen LogP contribution in [0.15, 0.2) is 0 Å². The highest BCUT2D eigenvalue weighted by atomic mass is 35.5. The molecule has 0 radical (unpaired) electrons. The molecule has 0 aliphatic carbocycles. The van der Waals surface area contributed by atoms with Gasteiger partial charge in [-0.3, -0.25) is 0 Å². The number of hydrogen-bond acceptors (Lipinski definition) is 3. The molecule has 1 nitrogen and oxygen atoms in total. The van der Waals surface area contributed by atoms with Crippen LogP contribution in [0.25, 0.3) is 0 Å². The van der Waals surface area contributed by atoms with Gasteiger partial charge in [-0.05, 0) is 6.42 Å². The predicted molar refractivity (Wildman–Crippen MR) is 50.0 cm³/mol. The summed E-state index contributed by atoms with van der Waals surface area (Å²) in [6.45, 7) is 0.316. The van der Waals surface area contributed by atoms with Crippen LogP contribution in [0.5, 0.6) is 0 Å². The topological polar surface area (TPSA) is 20.2 Å². The fourth-order valence-electron chi connectivity index (χ4n) is 0.844. The van der Waals surface area contributed by atoms with Gasteiger partial charge in [0, 0.05) is 16.9 Å². The molecule has 1 fully saturated rings. The summed E-state index contributed by atoms with van der Waals surface area (Å²) in [6, 6.07) is 0. The lowest BCUT2D eigenvalue weighted by molar-refractivity contribution is 0.301. The Labute approximate surface area is 74.9 Å². The molecule has 2 atom stereocenters. The average Bonchev–Trinajstić information content (AvgIpc) is 2.37. The quantitative estimate of drug-likeness (QED) is 0.699. The second-order valence-electron chi connectivity index (χ2n) is 2.18. The van der Waals surface area contributed by atoms with E-state index >= 15 is 0 Å². The third-order valence-electron chi connectivity index (χ3n) is 1.36. The van der Waals surface area contributed by atoms with E-state index in [0.29, 0.717) is 16.4 Å². The lowest BCUT2D eigenvalue weighted by Crippen LogP contribution is -2.06. The first-order valence-electron chi connectivity index (χ1n) is 3.30. The van der Waals surface area contributed by atoms with Crippen molar-refractivity contribution in [3.8, 4) is 0 Å². The van der Waals surface area contributed by atoms with Gasteiger partial charge in [-0.2, -0.15) is 0 Å². The first-order chi connectivity index (χ1) is 4.86. The van der Waals surface area contributed by atoms with Gasteiger partial charge in [0.25, 0.3) is 0 Å². The first kappa shape index (κ1) is 9.04. The first-order valence-corrected chi connectivity index (χ1v) is 5.83. The van der Waals surface area contributed by atoms with Gasteiger partial charge >= 0.3 is 0 Å². The summed E-state index contributed by atoms with van der Waals surface area (Å²) >= 11 is 9.37. The summed E-state index contributed by atoms with van der Waals surface area (Å²) in [5.74, 6) is 1.82. The van der Waals surface area contributed by atoms with E-state index in [-0.39, 0.29) is 0 Å². The molecule has 1 N–H and O–H groups in total. The zero-order valence-electron chi connectivity index (χ0n) is 5.62. The Balaban J connectivity index is 2.15. The largest absolute Gasteiger partial charge is 0.395 e. The molecule has 1 saturated heterocycles. The maximum absolute atomic E-state index is 8.78. The van der Waals surface area contributed by atoms with Crippen LogP contribution in [0.3, 0.4) is 0 Å². The molecule has 1 aliphatic rings. The van der Waals surface area contributed by atoms with Crippen molar-refractivity contribution in [2.24, 2.45) is 0 Å². The molecule has 1 heterocycles. The molecule has 0 amide bonds. The van der Waals surface area contributed by atoms with Crippen molar-refractivity contribution in [3.05, 3.63) is 0 Å². The Bertz CT molecular complexity index is 102. The van der Waals surface area contributed by atoms with E-state index in [1.807, 2.05) is 23.5 Å². The highest BCUT2D eigenvalue weighted by molar-refractivity contribution is 8.20. The van der Waals surface area contributed by atoms with Gasteiger partial charge in [0.15, 0.2) is 0 Å². The number of aliphatic hydroxyl groups is 1. The number of hydrogen-bond donors (Lipinski definition) is 1. The number of halogens is 1. The lowest BCUT2D eigenvalue weighted by atomic mass is 10.5. The van der Waals surface area contributed by atoms with E-state index in [2.05, 4.69) is 0 Å². The Morgan fingerprint density at radius 3 is 2.90 bits per heavy atom. The zero-order valence-corrected chi connectivity index (χ0v) is 8.01. The summed E-state index contributed by atoms with van der Waals surface area (Å²) in [7, 11) is 0. The molecule has 1 aliphatic heterocycles. The number of alkyl halides is 1. The van der Waals surface area contributed by atoms with Gasteiger partial charge in [-0.1, -0.05) is 0 Å². The van der Waals surface area contributed by atoms with Crippen LogP contribution in [-0.4, -0.2) is 33.2 Å². The summed E-state index contributed by atoms with van der Waals surface area (Å²) < 4.78 is 0.634.